The van der Waals surface area contributed by atoms with E-state index in [2.05, 4.69) is 5.32 Å². The molecule has 0 saturated carbocycles. The molecule has 0 aromatic heterocycles. The van der Waals surface area contributed by atoms with Crippen LogP contribution < -0.4 is 19.1 Å². The molecule has 1 N–H and O–H groups in total. The van der Waals surface area contributed by atoms with Gasteiger partial charge in [0.25, 0.3) is 10.0 Å². The van der Waals surface area contributed by atoms with Crippen molar-refractivity contribution in [1.29, 1.82) is 0 Å². The van der Waals surface area contributed by atoms with Crippen LogP contribution >= 0.6 is 23.2 Å². The third-order valence-electron chi connectivity index (χ3n) is 7.93. The molecule has 0 aliphatic carbocycles. The van der Waals surface area contributed by atoms with E-state index in [1.165, 1.54) is 37.3 Å². The largest absolute Gasteiger partial charge is 0.493 e. The summed E-state index contributed by atoms with van der Waals surface area (Å²) in [7, 11) is -1.51. The maximum absolute atomic E-state index is 14.7. The number of rotatable bonds is 15. The summed E-state index contributed by atoms with van der Waals surface area (Å²) in [6, 6.07) is 25.6. The minimum atomic E-state index is -4.36. The van der Waals surface area contributed by atoms with Gasteiger partial charge in [-0.25, -0.2) is 8.42 Å². The zero-order valence-corrected chi connectivity index (χ0v) is 29.6. The molecule has 0 spiro atoms. The Balaban J connectivity index is 1.84. The smallest absolute Gasteiger partial charge is 0.264 e. The molecule has 254 valence electrons. The molecule has 0 saturated heterocycles. The van der Waals surface area contributed by atoms with Crippen LogP contribution in [0.1, 0.15) is 31.4 Å². The maximum atomic E-state index is 14.7. The minimum absolute atomic E-state index is 0.118. The first kappa shape index (κ1) is 36.6. The van der Waals surface area contributed by atoms with E-state index in [9.17, 15) is 18.0 Å². The Morgan fingerprint density at radius 3 is 2.02 bits per heavy atom. The Kier molecular flexibility index (Phi) is 12.7. The van der Waals surface area contributed by atoms with Crippen LogP contribution in [0.4, 0.5) is 5.69 Å². The lowest BCUT2D eigenvalue weighted by molar-refractivity contribution is -0.140. The number of anilines is 1. The van der Waals surface area contributed by atoms with Gasteiger partial charge in [0.2, 0.25) is 11.8 Å². The first-order valence-electron chi connectivity index (χ1n) is 15.4. The second-order valence-corrected chi connectivity index (χ2v) is 13.8. The van der Waals surface area contributed by atoms with Crippen LogP contribution in [0.2, 0.25) is 10.0 Å². The second kappa shape index (κ2) is 16.7. The number of benzene rings is 4. The van der Waals surface area contributed by atoms with Gasteiger partial charge in [0.05, 0.1) is 24.8 Å². The van der Waals surface area contributed by atoms with Gasteiger partial charge in [-0.15, -0.1) is 0 Å². The predicted octanol–water partition coefficient (Wildman–Crippen LogP) is 6.76. The number of carbonyl (C=O) groups excluding carboxylic acids is 2. The number of nitrogens with one attached hydrogen (secondary N) is 1. The van der Waals surface area contributed by atoms with Crippen LogP contribution in [0, 0.1) is 0 Å². The van der Waals surface area contributed by atoms with Crippen molar-refractivity contribution in [1.82, 2.24) is 10.2 Å². The van der Waals surface area contributed by atoms with E-state index in [0.29, 0.717) is 27.8 Å². The lowest BCUT2D eigenvalue weighted by atomic mass is 10.0. The summed E-state index contributed by atoms with van der Waals surface area (Å²) in [6.45, 7) is 3.04. The first-order valence-corrected chi connectivity index (χ1v) is 17.6. The van der Waals surface area contributed by atoms with Crippen molar-refractivity contribution in [2.45, 2.75) is 50.2 Å². The highest BCUT2D eigenvalue weighted by atomic mass is 35.5. The molecule has 48 heavy (non-hydrogen) atoms. The molecule has 0 aliphatic rings. The first-order chi connectivity index (χ1) is 23.0. The Morgan fingerprint density at radius 1 is 0.833 bits per heavy atom. The Labute approximate surface area is 292 Å². The fourth-order valence-corrected chi connectivity index (χ4v) is 7.02. The number of ether oxygens (including phenoxy) is 2. The topological polar surface area (TPSA) is 105 Å². The van der Waals surface area contributed by atoms with Crippen LogP contribution in [0.25, 0.3) is 0 Å². The van der Waals surface area contributed by atoms with Crippen molar-refractivity contribution in [2.24, 2.45) is 0 Å². The van der Waals surface area contributed by atoms with Crippen molar-refractivity contribution in [3.8, 4) is 11.5 Å². The fourth-order valence-electron chi connectivity index (χ4n) is 5.08. The highest BCUT2D eigenvalue weighted by Gasteiger charge is 2.35. The van der Waals surface area contributed by atoms with E-state index >= 15 is 0 Å². The van der Waals surface area contributed by atoms with Gasteiger partial charge in [-0.2, -0.15) is 0 Å². The maximum Gasteiger partial charge on any atom is 0.264 e. The van der Waals surface area contributed by atoms with E-state index in [1.807, 2.05) is 44.2 Å². The number of amides is 2. The number of methoxy groups -OCH3 is 2. The monoisotopic (exact) mass is 711 g/mol. The molecule has 0 aliphatic heterocycles. The summed E-state index contributed by atoms with van der Waals surface area (Å²) < 4.78 is 40.4. The number of hydrogen-bond donors (Lipinski definition) is 1. The predicted molar refractivity (Wildman–Crippen MR) is 189 cm³/mol. The number of para-hydroxylation sites is 1. The summed E-state index contributed by atoms with van der Waals surface area (Å²) in [5.74, 6) is -0.479. The number of halogens is 2. The van der Waals surface area contributed by atoms with Gasteiger partial charge in [0.1, 0.15) is 12.6 Å². The van der Waals surface area contributed by atoms with Gasteiger partial charge >= 0.3 is 0 Å². The quantitative estimate of drug-likeness (QED) is 0.146. The summed E-state index contributed by atoms with van der Waals surface area (Å²) >= 11 is 13.2. The third-order valence-corrected chi connectivity index (χ3v) is 10.4. The Bertz CT molecular complexity index is 1790. The fraction of sp³-hybridized carbons (Fsp3) is 0.278. The van der Waals surface area contributed by atoms with E-state index < -0.39 is 34.4 Å². The van der Waals surface area contributed by atoms with Gasteiger partial charge in [-0.1, -0.05) is 84.7 Å². The van der Waals surface area contributed by atoms with Crippen molar-refractivity contribution < 1.29 is 27.5 Å². The number of nitrogens with zero attached hydrogens (tertiary/aromatic N) is 2. The zero-order valence-electron chi connectivity index (χ0n) is 27.2. The van der Waals surface area contributed by atoms with E-state index in [0.717, 1.165) is 9.87 Å². The third kappa shape index (κ3) is 8.80. The summed E-state index contributed by atoms with van der Waals surface area (Å²) in [5, 5.41) is 3.62. The molecule has 12 heteroatoms. The normalized spacial score (nSPS) is 12.5. The average Bonchev–Trinajstić information content (AvgIpc) is 3.09. The molecular formula is C36H39Cl2N3O6S. The lowest BCUT2D eigenvalue weighted by Gasteiger charge is -2.34. The highest BCUT2D eigenvalue weighted by molar-refractivity contribution is 7.92. The molecule has 2 amide bonds. The summed E-state index contributed by atoms with van der Waals surface area (Å²) in [5.41, 5.74) is 1.49. The van der Waals surface area contributed by atoms with E-state index in [4.69, 9.17) is 32.7 Å². The molecule has 4 aromatic rings. The minimum Gasteiger partial charge on any atom is -0.493 e. The molecule has 4 rings (SSSR count). The lowest BCUT2D eigenvalue weighted by Crippen LogP contribution is -2.54. The molecule has 4 aromatic carbocycles. The SMILES string of the molecule is CC[C@H](C)NC(=O)[C@@H](Cc1ccccc1)N(Cc1c(Cl)cccc1Cl)C(=O)CN(c1ccccc1)S(=O)(=O)c1ccc(OC)c(OC)c1. The van der Waals surface area contributed by atoms with Crippen LogP contribution in [-0.2, 0) is 32.6 Å². The van der Waals surface area contributed by atoms with E-state index in [1.54, 1.807) is 48.5 Å². The molecule has 9 nitrogen and oxygen atoms in total. The standard InChI is InChI=1S/C36H39Cl2N3O6S/c1-5-25(2)39-36(43)32(21-26-13-8-6-9-14-26)40(23-29-30(37)17-12-18-31(29)38)35(42)24-41(27-15-10-7-11-16-27)48(44,45)28-19-20-33(46-3)34(22-28)47-4/h6-20,22,25,32H,5,21,23-24H2,1-4H3,(H,39,43)/t25-,32+/m0/s1. The number of carbonyl (C=O) groups is 2. The van der Waals surface area contributed by atoms with Gasteiger partial charge in [-0.3, -0.25) is 13.9 Å². The molecule has 2 atom stereocenters. The van der Waals surface area contributed by atoms with Gasteiger partial charge in [0, 0.05) is 40.7 Å². The van der Waals surface area contributed by atoms with Crippen molar-refractivity contribution in [3.63, 3.8) is 0 Å². The number of sulfonamides is 1. The van der Waals surface area contributed by atoms with Gasteiger partial charge in [-0.05, 0) is 55.3 Å². The Morgan fingerprint density at radius 2 is 1.44 bits per heavy atom. The molecular weight excluding hydrogens is 673 g/mol. The van der Waals surface area contributed by atoms with Crippen molar-refractivity contribution in [2.75, 3.05) is 25.1 Å². The van der Waals surface area contributed by atoms with Gasteiger partial charge in [0.15, 0.2) is 11.5 Å². The summed E-state index contributed by atoms with van der Waals surface area (Å²) in [4.78, 5) is 29.9. The van der Waals surface area contributed by atoms with Crippen molar-refractivity contribution >= 4 is 50.7 Å². The summed E-state index contributed by atoms with van der Waals surface area (Å²) in [6.07, 6.45) is 0.824. The van der Waals surface area contributed by atoms with Crippen molar-refractivity contribution in [3.05, 3.63) is 118 Å². The van der Waals surface area contributed by atoms with Crippen LogP contribution in [0.5, 0.6) is 11.5 Å². The molecule has 0 radical (unpaired) electrons. The van der Waals surface area contributed by atoms with Gasteiger partial charge < -0.3 is 19.7 Å². The Hall–Kier alpha value is -4.25. The van der Waals surface area contributed by atoms with Crippen LogP contribution in [0.3, 0.4) is 0 Å². The highest BCUT2D eigenvalue weighted by Crippen LogP contribution is 2.33. The molecule has 0 bridgehead atoms. The number of hydrogen-bond acceptors (Lipinski definition) is 6. The molecule has 0 heterocycles. The van der Waals surface area contributed by atoms with Crippen LogP contribution in [0.15, 0.2) is 102 Å². The molecule has 0 fully saturated rings. The van der Waals surface area contributed by atoms with E-state index in [-0.39, 0.29) is 35.3 Å². The van der Waals surface area contributed by atoms with Crippen LogP contribution in [-0.4, -0.2) is 58.0 Å². The molecule has 0 unspecified atom stereocenters. The second-order valence-electron chi connectivity index (χ2n) is 11.1. The average molecular weight is 713 g/mol. The zero-order chi connectivity index (χ0) is 34.8.